The van der Waals surface area contributed by atoms with Gasteiger partial charge in [-0.15, -0.1) is 11.8 Å². The average Bonchev–Trinajstić information content (AvgIpc) is 1.78. The normalized spacial score (nSPS) is 23.4. The fourth-order valence-corrected chi connectivity index (χ4v) is 2.84. The quantitative estimate of drug-likeness (QED) is 0.565. The lowest BCUT2D eigenvalue weighted by atomic mass is 10.7. The molecule has 0 aliphatic carbocycles. The molecule has 4 heteroatoms. The fraction of sp³-hybridized carbons (Fsp3) is 0.333. The van der Waals surface area contributed by atoms with E-state index in [1.54, 1.807) is 19.3 Å². The van der Waals surface area contributed by atoms with Gasteiger partial charge in [-0.05, 0) is 24.2 Å². The van der Waals surface area contributed by atoms with E-state index >= 15 is 0 Å². The third kappa shape index (κ3) is 1.44. The van der Waals surface area contributed by atoms with Crippen LogP contribution >= 0.6 is 11.8 Å². The van der Waals surface area contributed by atoms with Crippen LogP contribution in [0, 0.1) is 0 Å². The number of allylic oxidation sites excluding steroid dienone is 2. The van der Waals surface area contributed by atoms with E-state index < -0.39 is 9.84 Å². The summed E-state index contributed by atoms with van der Waals surface area (Å²) < 4.78 is 22.1. The highest BCUT2D eigenvalue weighted by molar-refractivity contribution is 8.09. The second-order valence-corrected chi connectivity index (χ2v) is 5.20. The molecule has 0 spiro atoms. The molecule has 0 N–H and O–H groups in total. The van der Waals surface area contributed by atoms with Crippen molar-refractivity contribution >= 4 is 21.6 Å². The Balaban J connectivity index is 3.15. The van der Waals surface area contributed by atoms with Crippen LogP contribution in [0.4, 0.5) is 0 Å². The number of sulfone groups is 1. The van der Waals surface area contributed by atoms with Gasteiger partial charge in [0.25, 0.3) is 0 Å². The van der Waals surface area contributed by atoms with Gasteiger partial charge in [0.1, 0.15) is 0 Å². The topological polar surface area (TPSA) is 34.1 Å². The van der Waals surface area contributed by atoms with E-state index in [0.717, 1.165) is 4.91 Å². The first-order chi connectivity index (χ1) is 4.52. The molecular formula is C6H8O2S2. The lowest BCUT2D eigenvalue weighted by Gasteiger charge is -2.05. The van der Waals surface area contributed by atoms with E-state index in [0.29, 0.717) is 4.91 Å². The van der Waals surface area contributed by atoms with E-state index in [4.69, 9.17) is 0 Å². The van der Waals surface area contributed by atoms with Gasteiger partial charge < -0.3 is 0 Å². The van der Waals surface area contributed by atoms with Crippen molar-refractivity contribution in [3.05, 3.63) is 20.6 Å². The number of thioether (sulfide) groups is 1. The molecule has 0 fully saturated rings. The van der Waals surface area contributed by atoms with Crippen LogP contribution in [0.5, 0.6) is 0 Å². The Kier molecular flexibility index (Phi) is 1.92. The first-order valence-corrected chi connectivity index (χ1v) is 5.22. The molecule has 0 atom stereocenters. The molecule has 1 heterocycles. The van der Waals surface area contributed by atoms with Gasteiger partial charge in [0.15, 0.2) is 9.84 Å². The Hall–Kier alpha value is -0.220. The highest BCUT2D eigenvalue weighted by Gasteiger charge is 2.14. The van der Waals surface area contributed by atoms with E-state index in [1.165, 1.54) is 17.2 Å². The lowest BCUT2D eigenvalue weighted by Crippen LogP contribution is -1.99. The van der Waals surface area contributed by atoms with Crippen molar-refractivity contribution in [1.29, 1.82) is 0 Å². The van der Waals surface area contributed by atoms with E-state index in [-0.39, 0.29) is 0 Å². The Labute approximate surface area is 64.9 Å². The Morgan fingerprint density at radius 2 is 2.00 bits per heavy atom. The summed E-state index contributed by atoms with van der Waals surface area (Å²) in [4.78, 5) is 1.26. The second-order valence-electron chi connectivity index (χ2n) is 2.12. The molecule has 0 amide bonds. The summed E-state index contributed by atoms with van der Waals surface area (Å²) in [5, 5.41) is 2.96. The highest BCUT2D eigenvalue weighted by Crippen LogP contribution is 2.28. The van der Waals surface area contributed by atoms with Crippen LogP contribution in [0.1, 0.15) is 13.8 Å². The Morgan fingerprint density at radius 1 is 1.40 bits per heavy atom. The first-order valence-electron chi connectivity index (χ1n) is 2.79. The zero-order valence-corrected chi connectivity index (χ0v) is 7.42. The standard InChI is InChI=1S/C6H8O2S2/c1-5-4-10(7,8)6(2)3-9-5/h3-4H,1-2H3. The summed E-state index contributed by atoms with van der Waals surface area (Å²) >= 11 is 1.45. The molecule has 0 aromatic carbocycles. The molecule has 0 aromatic heterocycles. The van der Waals surface area contributed by atoms with Crippen LogP contribution in [0.3, 0.4) is 0 Å². The minimum Gasteiger partial charge on any atom is -0.219 e. The van der Waals surface area contributed by atoms with Gasteiger partial charge in [0.2, 0.25) is 0 Å². The van der Waals surface area contributed by atoms with Gasteiger partial charge in [0.05, 0.1) is 4.91 Å². The zero-order valence-electron chi connectivity index (χ0n) is 5.79. The van der Waals surface area contributed by atoms with Crippen molar-refractivity contribution in [2.45, 2.75) is 13.8 Å². The van der Waals surface area contributed by atoms with E-state index in [2.05, 4.69) is 0 Å². The maximum Gasteiger partial charge on any atom is 0.197 e. The largest absolute Gasteiger partial charge is 0.219 e. The smallest absolute Gasteiger partial charge is 0.197 e. The van der Waals surface area contributed by atoms with Crippen molar-refractivity contribution < 1.29 is 8.42 Å². The summed E-state index contributed by atoms with van der Waals surface area (Å²) in [5.74, 6) is 0. The average molecular weight is 176 g/mol. The Morgan fingerprint density at radius 3 is 2.40 bits per heavy atom. The molecule has 10 heavy (non-hydrogen) atoms. The fourth-order valence-electron chi connectivity index (χ4n) is 0.582. The Bertz CT molecular complexity index is 296. The van der Waals surface area contributed by atoms with Crippen LogP contribution in [-0.2, 0) is 9.84 Å². The molecule has 1 rings (SSSR count). The van der Waals surface area contributed by atoms with Crippen molar-refractivity contribution in [3.8, 4) is 0 Å². The maximum atomic E-state index is 11.0. The van der Waals surface area contributed by atoms with Gasteiger partial charge in [-0.1, -0.05) is 0 Å². The molecule has 0 radical (unpaired) electrons. The summed E-state index contributed by atoms with van der Waals surface area (Å²) in [6.07, 6.45) is 0. The van der Waals surface area contributed by atoms with Crippen molar-refractivity contribution in [2.75, 3.05) is 0 Å². The van der Waals surface area contributed by atoms with Gasteiger partial charge in [-0.25, -0.2) is 8.42 Å². The molecule has 0 saturated heterocycles. The minimum atomic E-state index is -3.03. The molecule has 1 aliphatic heterocycles. The number of hydrogen-bond donors (Lipinski definition) is 0. The molecule has 56 valence electrons. The third-order valence-corrected chi connectivity index (χ3v) is 4.12. The lowest BCUT2D eigenvalue weighted by molar-refractivity contribution is 0.610. The van der Waals surface area contributed by atoms with Gasteiger partial charge in [0, 0.05) is 5.41 Å². The van der Waals surface area contributed by atoms with Crippen LogP contribution in [-0.4, -0.2) is 8.42 Å². The van der Waals surface area contributed by atoms with Crippen LogP contribution in [0.15, 0.2) is 20.6 Å². The second kappa shape index (κ2) is 2.43. The summed E-state index contributed by atoms with van der Waals surface area (Å²) in [7, 11) is -3.03. The minimum absolute atomic E-state index is 0.433. The molecule has 0 bridgehead atoms. The molecule has 0 saturated carbocycles. The molecule has 0 unspecified atom stereocenters. The highest BCUT2D eigenvalue weighted by atomic mass is 32.2. The van der Waals surface area contributed by atoms with E-state index in [9.17, 15) is 8.42 Å². The van der Waals surface area contributed by atoms with Gasteiger partial charge in [-0.3, -0.25) is 0 Å². The predicted molar refractivity (Wildman–Crippen MR) is 44.0 cm³/mol. The first kappa shape index (κ1) is 7.88. The summed E-state index contributed by atoms with van der Waals surface area (Å²) in [6, 6.07) is 0. The maximum absolute atomic E-state index is 11.0. The van der Waals surface area contributed by atoms with Crippen molar-refractivity contribution in [3.63, 3.8) is 0 Å². The van der Waals surface area contributed by atoms with Gasteiger partial charge >= 0.3 is 0 Å². The summed E-state index contributed by atoms with van der Waals surface area (Å²) in [5.41, 5.74) is 0. The van der Waals surface area contributed by atoms with Crippen molar-refractivity contribution in [1.82, 2.24) is 0 Å². The molecular weight excluding hydrogens is 168 g/mol. The number of rotatable bonds is 0. The molecule has 1 aliphatic rings. The summed E-state index contributed by atoms with van der Waals surface area (Å²) in [6.45, 7) is 3.39. The zero-order chi connectivity index (χ0) is 7.78. The van der Waals surface area contributed by atoms with E-state index in [1.807, 2.05) is 0 Å². The van der Waals surface area contributed by atoms with Crippen molar-refractivity contribution in [2.24, 2.45) is 0 Å². The number of hydrogen-bond acceptors (Lipinski definition) is 3. The molecule has 2 nitrogen and oxygen atoms in total. The van der Waals surface area contributed by atoms with Crippen LogP contribution < -0.4 is 0 Å². The monoisotopic (exact) mass is 176 g/mol. The molecule has 0 aromatic rings. The van der Waals surface area contributed by atoms with Crippen LogP contribution in [0.25, 0.3) is 0 Å². The van der Waals surface area contributed by atoms with Crippen LogP contribution in [0.2, 0.25) is 0 Å². The SMILES string of the molecule is CC1=CS(=O)(=O)C(C)=CS1. The third-order valence-electron chi connectivity index (χ3n) is 1.18. The predicted octanol–water partition coefficient (Wildman–Crippen LogP) is 1.87. The van der Waals surface area contributed by atoms with Gasteiger partial charge in [-0.2, -0.15) is 0 Å².